The third kappa shape index (κ3) is 2.76. The van der Waals surface area contributed by atoms with Crippen LogP contribution in [0.25, 0.3) is 0 Å². The molecule has 1 aliphatic heterocycles. The Hall–Kier alpha value is -0.890. The number of hydrogen-bond donors (Lipinski definition) is 1. The second-order valence-electron chi connectivity index (χ2n) is 5.29. The van der Waals surface area contributed by atoms with E-state index in [2.05, 4.69) is 4.90 Å². The van der Waals surface area contributed by atoms with Gasteiger partial charge in [0.1, 0.15) is 16.4 Å². The van der Waals surface area contributed by atoms with Crippen molar-refractivity contribution in [1.29, 1.82) is 0 Å². The lowest BCUT2D eigenvalue weighted by atomic mass is 10.2. The first-order valence-corrected chi connectivity index (χ1v) is 8.29. The van der Waals surface area contributed by atoms with E-state index >= 15 is 0 Å². The summed E-state index contributed by atoms with van der Waals surface area (Å²) in [6.07, 6.45) is 0.837. The topological polar surface area (TPSA) is 79.8 Å². The number of furan rings is 1. The van der Waals surface area contributed by atoms with Crippen LogP contribution >= 0.6 is 0 Å². The molecule has 2 heterocycles. The molecule has 1 aromatic heterocycles. The first-order valence-electron chi connectivity index (χ1n) is 6.85. The average molecular weight is 301 g/mol. The van der Waals surface area contributed by atoms with Gasteiger partial charge in [0.15, 0.2) is 0 Å². The molecule has 0 aromatic carbocycles. The first kappa shape index (κ1) is 15.5. The molecule has 0 saturated carbocycles. The molecule has 0 atom stereocenters. The molecule has 7 heteroatoms. The van der Waals surface area contributed by atoms with Gasteiger partial charge in [0.25, 0.3) is 0 Å². The zero-order chi connectivity index (χ0) is 14.9. The van der Waals surface area contributed by atoms with E-state index in [-0.39, 0.29) is 11.4 Å². The highest BCUT2D eigenvalue weighted by atomic mass is 32.2. The molecule has 2 rings (SSSR count). The number of nitrogens with zero attached hydrogens (tertiary/aromatic N) is 2. The lowest BCUT2D eigenvalue weighted by Gasteiger charge is -2.20. The molecule has 0 bridgehead atoms. The Morgan fingerprint density at radius 1 is 1.15 bits per heavy atom. The predicted molar refractivity (Wildman–Crippen MR) is 76.9 cm³/mol. The van der Waals surface area contributed by atoms with Crippen LogP contribution in [0.4, 0.5) is 0 Å². The van der Waals surface area contributed by atoms with Gasteiger partial charge < -0.3 is 15.1 Å². The molecule has 0 radical (unpaired) electrons. The van der Waals surface area contributed by atoms with Crippen molar-refractivity contribution in [2.75, 3.05) is 33.2 Å². The molecule has 114 valence electrons. The van der Waals surface area contributed by atoms with E-state index in [9.17, 15) is 8.42 Å². The lowest BCUT2D eigenvalue weighted by Crippen LogP contribution is -2.35. The van der Waals surface area contributed by atoms with Crippen molar-refractivity contribution in [3.63, 3.8) is 0 Å². The summed E-state index contributed by atoms with van der Waals surface area (Å²) in [6.45, 7) is 6.32. The quantitative estimate of drug-likeness (QED) is 0.888. The molecule has 1 aliphatic rings. The Balaban J connectivity index is 2.40. The third-order valence-corrected chi connectivity index (χ3v) is 5.90. The zero-order valence-corrected chi connectivity index (χ0v) is 13.2. The van der Waals surface area contributed by atoms with Gasteiger partial charge in [-0.2, -0.15) is 4.31 Å². The monoisotopic (exact) mass is 301 g/mol. The van der Waals surface area contributed by atoms with Gasteiger partial charge in [-0.25, -0.2) is 8.42 Å². The maximum atomic E-state index is 12.9. The largest absolute Gasteiger partial charge is 0.465 e. The van der Waals surface area contributed by atoms with Gasteiger partial charge in [0, 0.05) is 31.7 Å². The molecule has 0 amide bonds. The van der Waals surface area contributed by atoms with Crippen molar-refractivity contribution in [3.05, 3.63) is 17.1 Å². The van der Waals surface area contributed by atoms with Crippen LogP contribution in [0.1, 0.15) is 23.5 Å². The number of sulfonamides is 1. The fraction of sp³-hybridized carbons (Fsp3) is 0.692. The van der Waals surface area contributed by atoms with Gasteiger partial charge in [0.2, 0.25) is 10.0 Å². The Morgan fingerprint density at radius 2 is 1.85 bits per heavy atom. The molecule has 1 aromatic rings. The summed E-state index contributed by atoms with van der Waals surface area (Å²) < 4.78 is 32.7. The minimum absolute atomic E-state index is 0.172. The molecule has 0 aliphatic carbocycles. The van der Waals surface area contributed by atoms with E-state index < -0.39 is 10.0 Å². The van der Waals surface area contributed by atoms with Gasteiger partial charge in [0.05, 0.1) is 0 Å². The van der Waals surface area contributed by atoms with Gasteiger partial charge in [-0.05, 0) is 33.9 Å². The van der Waals surface area contributed by atoms with Gasteiger partial charge in [-0.1, -0.05) is 0 Å². The van der Waals surface area contributed by atoms with Crippen LogP contribution in [0.15, 0.2) is 9.31 Å². The van der Waals surface area contributed by atoms with E-state index in [0.717, 1.165) is 19.5 Å². The van der Waals surface area contributed by atoms with Crippen molar-refractivity contribution in [2.24, 2.45) is 5.73 Å². The molecule has 6 nitrogen and oxygen atoms in total. The predicted octanol–water partition coefficient (Wildman–Crippen LogP) is 0.681. The average Bonchev–Trinajstić information content (AvgIpc) is 2.54. The zero-order valence-electron chi connectivity index (χ0n) is 12.3. The van der Waals surface area contributed by atoms with Crippen molar-refractivity contribution in [1.82, 2.24) is 9.21 Å². The van der Waals surface area contributed by atoms with Crippen LogP contribution in [0.5, 0.6) is 0 Å². The van der Waals surface area contributed by atoms with E-state index in [0.29, 0.717) is 30.2 Å². The molecule has 0 spiro atoms. The summed E-state index contributed by atoms with van der Waals surface area (Å²) in [5, 5.41) is 0. The second kappa shape index (κ2) is 5.85. The number of aryl methyl sites for hydroxylation is 2. The highest BCUT2D eigenvalue weighted by Crippen LogP contribution is 2.29. The minimum Gasteiger partial charge on any atom is -0.465 e. The van der Waals surface area contributed by atoms with E-state index in [1.165, 1.54) is 0 Å². The lowest BCUT2D eigenvalue weighted by molar-refractivity contribution is 0.347. The van der Waals surface area contributed by atoms with Crippen molar-refractivity contribution >= 4 is 10.0 Å². The summed E-state index contributed by atoms with van der Waals surface area (Å²) in [5.74, 6) is 1.02. The highest BCUT2D eigenvalue weighted by molar-refractivity contribution is 7.89. The standard InChI is InChI=1S/C13H23N3O3S/c1-10-12(9-14)13(11(2)19-10)20(17,18)16-6-4-5-15(3)7-8-16/h4-9,14H2,1-3H3. The molecule has 20 heavy (non-hydrogen) atoms. The highest BCUT2D eigenvalue weighted by Gasteiger charge is 2.32. The Kier molecular flexibility index (Phi) is 4.53. The van der Waals surface area contributed by atoms with Crippen molar-refractivity contribution in [3.8, 4) is 0 Å². The normalized spacial score (nSPS) is 19.2. The van der Waals surface area contributed by atoms with Gasteiger partial charge >= 0.3 is 0 Å². The number of hydrogen-bond acceptors (Lipinski definition) is 5. The van der Waals surface area contributed by atoms with Crippen molar-refractivity contribution in [2.45, 2.75) is 31.7 Å². The second-order valence-corrected chi connectivity index (χ2v) is 7.16. The Labute approximate surface area is 120 Å². The Morgan fingerprint density at radius 3 is 2.50 bits per heavy atom. The van der Waals surface area contributed by atoms with Crippen LogP contribution in [0, 0.1) is 13.8 Å². The molecular weight excluding hydrogens is 278 g/mol. The fourth-order valence-electron chi connectivity index (χ4n) is 2.68. The number of likely N-dealkylation sites (N-methyl/N-ethyl adjacent to an activating group) is 1. The van der Waals surface area contributed by atoms with Crippen LogP contribution < -0.4 is 5.73 Å². The SMILES string of the molecule is Cc1oc(C)c(S(=O)(=O)N2CCCN(C)CC2)c1CN. The van der Waals surface area contributed by atoms with E-state index in [4.69, 9.17) is 10.2 Å². The van der Waals surface area contributed by atoms with E-state index in [1.807, 2.05) is 7.05 Å². The van der Waals surface area contributed by atoms with E-state index in [1.54, 1.807) is 18.2 Å². The smallest absolute Gasteiger partial charge is 0.246 e. The molecule has 0 unspecified atom stereocenters. The molecule has 2 N–H and O–H groups in total. The fourth-order valence-corrected chi connectivity index (χ4v) is 4.57. The maximum absolute atomic E-state index is 12.9. The van der Waals surface area contributed by atoms with Crippen LogP contribution in [-0.4, -0.2) is 50.8 Å². The molecule has 1 saturated heterocycles. The van der Waals surface area contributed by atoms with Gasteiger partial charge in [-0.3, -0.25) is 0 Å². The summed E-state index contributed by atoms with van der Waals surface area (Å²) in [4.78, 5) is 2.41. The van der Waals surface area contributed by atoms with Crippen molar-refractivity contribution < 1.29 is 12.8 Å². The number of rotatable bonds is 3. The third-order valence-electron chi connectivity index (χ3n) is 3.81. The first-order chi connectivity index (χ1) is 9.37. The summed E-state index contributed by atoms with van der Waals surface area (Å²) in [6, 6.07) is 0. The summed E-state index contributed by atoms with van der Waals surface area (Å²) >= 11 is 0. The van der Waals surface area contributed by atoms with Crippen LogP contribution in [0.2, 0.25) is 0 Å². The van der Waals surface area contributed by atoms with Crippen LogP contribution in [0.3, 0.4) is 0 Å². The van der Waals surface area contributed by atoms with Gasteiger partial charge in [-0.15, -0.1) is 0 Å². The maximum Gasteiger partial charge on any atom is 0.246 e. The van der Waals surface area contributed by atoms with Crippen LogP contribution in [-0.2, 0) is 16.6 Å². The molecule has 1 fully saturated rings. The summed E-state index contributed by atoms with van der Waals surface area (Å²) in [5.41, 5.74) is 6.29. The minimum atomic E-state index is -3.53. The summed E-state index contributed by atoms with van der Waals surface area (Å²) in [7, 11) is -1.52. The number of nitrogens with two attached hydrogens (primary N) is 1. The molecular formula is C13H23N3O3S. The Bertz CT molecular complexity index is 580.